The number of benzene rings is 1. The van der Waals surface area contributed by atoms with E-state index >= 15 is 0 Å². The summed E-state index contributed by atoms with van der Waals surface area (Å²) in [5.74, 6) is 3.93. The van der Waals surface area contributed by atoms with E-state index in [4.69, 9.17) is 9.97 Å². The number of aromatic nitrogens is 6. The van der Waals surface area contributed by atoms with Crippen LogP contribution in [0.3, 0.4) is 0 Å². The molecule has 8 nitrogen and oxygen atoms in total. The number of rotatable bonds is 7. The lowest BCUT2D eigenvalue weighted by Gasteiger charge is -2.31. The van der Waals surface area contributed by atoms with Gasteiger partial charge in [-0.25, -0.2) is 9.97 Å². The first-order chi connectivity index (χ1) is 16.6. The summed E-state index contributed by atoms with van der Waals surface area (Å²) in [6.07, 6.45) is 7.53. The number of aromatic amines is 1. The SMILES string of the molecule is CCc1nc(C2CCN(c3nc(NCCc4ccncc4C)c4cc(Br)ccc4n3)CC2)n[nH]1. The summed E-state index contributed by atoms with van der Waals surface area (Å²) in [5.41, 5.74) is 3.45. The number of pyridine rings is 1. The molecule has 3 aromatic heterocycles. The van der Waals surface area contributed by atoms with Crippen LogP contribution in [-0.2, 0) is 12.8 Å². The highest BCUT2D eigenvalue weighted by atomic mass is 79.9. The minimum absolute atomic E-state index is 0.380. The Balaban J connectivity index is 1.33. The fraction of sp³-hybridized carbons (Fsp3) is 0.400. The van der Waals surface area contributed by atoms with E-state index in [1.165, 1.54) is 11.1 Å². The molecule has 1 aliphatic heterocycles. The molecule has 1 aliphatic rings. The zero-order valence-corrected chi connectivity index (χ0v) is 21.1. The van der Waals surface area contributed by atoms with Gasteiger partial charge in [0.05, 0.1) is 5.52 Å². The standard InChI is InChI=1S/C25H29BrN8/c1-3-22-30-23(33-32-22)18-8-12-34(13-9-18)25-29-21-5-4-19(26)14-20(21)24(31-25)28-11-7-17-6-10-27-15-16(17)2/h4-6,10,14-15,18H,3,7-9,11-13H2,1-2H3,(H,28,29,31)(H,30,32,33). The zero-order chi connectivity index (χ0) is 23.5. The Morgan fingerprint density at radius 2 is 2.00 bits per heavy atom. The number of nitrogens with one attached hydrogen (secondary N) is 2. The van der Waals surface area contributed by atoms with Crippen molar-refractivity contribution in [1.29, 1.82) is 0 Å². The molecule has 4 heterocycles. The second kappa shape index (κ2) is 10.0. The molecule has 0 radical (unpaired) electrons. The maximum atomic E-state index is 4.97. The van der Waals surface area contributed by atoms with Gasteiger partial charge in [-0.1, -0.05) is 22.9 Å². The lowest BCUT2D eigenvalue weighted by Crippen LogP contribution is -2.34. The van der Waals surface area contributed by atoms with E-state index in [9.17, 15) is 0 Å². The number of halogens is 1. The fourth-order valence-corrected chi connectivity index (χ4v) is 4.81. The second-order valence-electron chi connectivity index (χ2n) is 8.77. The van der Waals surface area contributed by atoms with Crippen LogP contribution >= 0.6 is 15.9 Å². The van der Waals surface area contributed by atoms with Crippen molar-refractivity contribution < 1.29 is 0 Å². The zero-order valence-electron chi connectivity index (χ0n) is 19.6. The first-order valence-corrected chi connectivity index (χ1v) is 12.7. The molecule has 1 saturated heterocycles. The summed E-state index contributed by atoms with van der Waals surface area (Å²) in [5, 5.41) is 12.1. The van der Waals surface area contributed by atoms with Crippen molar-refractivity contribution in [1.82, 2.24) is 30.1 Å². The van der Waals surface area contributed by atoms with E-state index in [-0.39, 0.29) is 0 Å². The first-order valence-electron chi connectivity index (χ1n) is 11.9. The van der Waals surface area contributed by atoms with Crippen molar-refractivity contribution in [3.63, 3.8) is 0 Å². The number of hydrogen-bond donors (Lipinski definition) is 2. The molecule has 176 valence electrons. The molecule has 9 heteroatoms. The largest absolute Gasteiger partial charge is 0.369 e. The quantitative estimate of drug-likeness (QED) is 0.360. The highest BCUT2D eigenvalue weighted by Crippen LogP contribution is 2.31. The van der Waals surface area contributed by atoms with Crippen LogP contribution in [0.1, 0.15) is 48.5 Å². The molecule has 2 N–H and O–H groups in total. The molecule has 1 aromatic carbocycles. The predicted octanol–water partition coefficient (Wildman–Crippen LogP) is 4.81. The molecular weight excluding hydrogens is 492 g/mol. The molecule has 0 saturated carbocycles. The molecule has 5 rings (SSSR count). The van der Waals surface area contributed by atoms with Gasteiger partial charge in [-0.05, 0) is 61.6 Å². The minimum Gasteiger partial charge on any atom is -0.369 e. The first kappa shape index (κ1) is 22.7. The molecule has 0 atom stereocenters. The van der Waals surface area contributed by atoms with Crippen LogP contribution in [0.2, 0.25) is 0 Å². The Hall–Kier alpha value is -3.07. The van der Waals surface area contributed by atoms with Gasteiger partial charge >= 0.3 is 0 Å². The maximum absolute atomic E-state index is 4.97. The van der Waals surface area contributed by atoms with Crippen molar-refractivity contribution in [2.45, 2.75) is 45.4 Å². The fourth-order valence-electron chi connectivity index (χ4n) is 4.45. The van der Waals surface area contributed by atoms with Crippen molar-refractivity contribution in [2.24, 2.45) is 0 Å². The summed E-state index contributed by atoms with van der Waals surface area (Å²) >= 11 is 3.60. The second-order valence-corrected chi connectivity index (χ2v) is 9.68. The van der Waals surface area contributed by atoms with Gasteiger partial charge in [-0.2, -0.15) is 10.1 Å². The van der Waals surface area contributed by atoms with Gasteiger partial charge in [0.25, 0.3) is 0 Å². The van der Waals surface area contributed by atoms with Crippen LogP contribution in [0, 0.1) is 6.92 Å². The summed E-state index contributed by atoms with van der Waals surface area (Å²) < 4.78 is 1.02. The van der Waals surface area contributed by atoms with E-state index < -0.39 is 0 Å². The molecule has 4 aromatic rings. The number of fused-ring (bicyclic) bond motifs is 1. The van der Waals surface area contributed by atoms with Gasteiger partial charge in [-0.15, -0.1) is 0 Å². The Morgan fingerprint density at radius 1 is 1.15 bits per heavy atom. The maximum Gasteiger partial charge on any atom is 0.227 e. The molecule has 1 fully saturated rings. The van der Waals surface area contributed by atoms with Gasteiger partial charge < -0.3 is 10.2 Å². The normalized spacial score (nSPS) is 14.6. The lowest BCUT2D eigenvalue weighted by molar-refractivity contribution is 0.482. The summed E-state index contributed by atoms with van der Waals surface area (Å²) in [4.78, 5) is 21.0. The minimum atomic E-state index is 0.380. The average molecular weight is 521 g/mol. The molecule has 0 unspecified atom stereocenters. The number of nitrogens with zero attached hydrogens (tertiary/aromatic N) is 6. The monoisotopic (exact) mass is 520 g/mol. The average Bonchev–Trinajstić information content (AvgIpc) is 3.35. The summed E-state index contributed by atoms with van der Waals surface area (Å²) in [6, 6.07) is 8.25. The Labute approximate surface area is 207 Å². The number of hydrogen-bond acceptors (Lipinski definition) is 7. The Kier molecular flexibility index (Phi) is 6.71. The molecule has 0 amide bonds. The highest BCUT2D eigenvalue weighted by molar-refractivity contribution is 9.10. The van der Waals surface area contributed by atoms with Crippen LogP contribution in [0.25, 0.3) is 10.9 Å². The summed E-state index contributed by atoms with van der Waals surface area (Å²) in [6.45, 7) is 6.75. The van der Waals surface area contributed by atoms with E-state index in [1.807, 2.05) is 18.5 Å². The summed E-state index contributed by atoms with van der Waals surface area (Å²) in [7, 11) is 0. The number of anilines is 2. The van der Waals surface area contributed by atoms with Crippen molar-refractivity contribution >= 4 is 38.6 Å². The van der Waals surface area contributed by atoms with Gasteiger partial charge in [0.15, 0.2) is 5.82 Å². The van der Waals surface area contributed by atoms with Gasteiger partial charge in [0.1, 0.15) is 11.6 Å². The molecular formula is C25H29BrN8. The van der Waals surface area contributed by atoms with Gasteiger partial charge in [0, 0.05) is 54.2 Å². The predicted molar refractivity (Wildman–Crippen MR) is 138 cm³/mol. The van der Waals surface area contributed by atoms with Crippen molar-refractivity contribution in [3.8, 4) is 0 Å². The van der Waals surface area contributed by atoms with Crippen LogP contribution in [-0.4, -0.2) is 49.8 Å². The third kappa shape index (κ3) is 4.89. The third-order valence-electron chi connectivity index (χ3n) is 6.50. The number of piperidine rings is 1. The van der Waals surface area contributed by atoms with Crippen LogP contribution in [0.15, 0.2) is 41.1 Å². The van der Waals surface area contributed by atoms with Crippen molar-refractivity contribution in [2.75, 3.05) is 29.9 Å². The number of aryl methyl sites for hydroxylation is 2. The molecule has 0 spiro atoms. The van der Waals surface area contributed by atoms with E-state index in [0.717, 1.165) is 84.1 Å². The topological polar surface area (TPSA) is 95.5 Å². The van der Waals surface area contributed by atoms with Gasteiger partial charge in [-0.3, -0.25) is 10.1 Å². The van der Waals surface area contributed by atoms with Crippen molar-refractivity contribution in [3.05, 3.63) is 63.9 Å². The van der Waals surface area contributed by atoms with E-state index in [2.05, 4.69) is 78.4 Å². The Morgan fingerprint density at radius 3 is 2.76 bits per heavy atom. The third-order valence-corrected chi connectivity index (χ3v) is 6.99. The Bertz CT molecular complexity index is 1280. The van der Waals surface area contributed by atoms with Crippen LogP contribution in [0.4, 0.5) is 11.8 Å². The highest BCUT2D eigenvalue weighted by Gasteiger charge is 2.25. The molecule has 0 bridgehead atoms. The van der Waals surface area contributed by atoms with Crippen LogP contribution < -0.4 is 10.2 Å². The van der Waals surface area contributed by atoms with E-state index in [0.29, 0.717) is 5.92 Å². The van der Waals surface area contributed by atoms with Gasteiger partial charge in [0.2, 0.25) is 5.95 Å². The molecule has 0 aliphatic carbocycles. The lowest BCUT2D eigenvalue weighted by atomic mass is 9.96. The smallest absolute Gasteiger partial charge is 0.227 e. The molecule has 34 heavy (non-hydrogen) atoms. The van der Waals surface area contributed by atoms with E-state index in [1.54, 1.807) is 0 Å². The van der Waals surface area contributed by atoms with Crippen LogP contribution in [0.5, 0.6) is 0 Å². The number of H-pyrrole nitrogens is 1.